The number of nitrogens with zero attached hydrogens (tertiary/aromatic N) is 1. The van der Waals surface area contributed by atoms with Gasteiger partial charge in [0.15, 0.2) is 0 Å². The Kier molecular flexibility index (Phi) is 7.90. The highest BCUT2D eigenvalue weighted by Gasteiger charge is 2.61. The van der Waals surface area contributed by atoms with Crippen LogP contribution in [-0.2, 0) is 15.0 Å². The number of hydrogen-bond donors (Lipinski definition) is 1. The van der Waals surface area contributed by atoms with Crippen molar-refractivity contribution in [3.8, 4) is 0 Å². The van der Waals surface area contributed by atoms with Crippen LogP contribution in [0.15, 0.2) is 91.0 Å². The van der Waals surface area contributed by atoms with Crippen LogP contribution in [0.3, 0.4) is 0 Å². The summed E-state index contributed by atoms with van der Waals surface area (Å²) in [5, 5.41) is 3.50. The Balaban J connectivity index is 1.10. The quantitative estimate of drug-likeness (QED) is 0.279. The van der Waals surface area contributed by atoms with E-state index in [1.54, 1.807) is 0 Å². The highest BCUT2D eigenvalue weighted by molar-refractivity contribution is 5.80. The summed E-state index contributed by atoms with van der Waals surface area (Å²) in [7, 11) is 2.05. The standard InChI is InChI=1S/C41H50N2O2/c1-39-25-23-35-33(20-22-36-40(35,2)26-24-38(45)43(36)3)34(39)21-19-32(39)28-42-37(44)27-41(29-13-7-4-8-14-29,30-15-9-5-10-16-30)31-17-11-6-12-18-31/h4-18,32-36H,19-28H2,1-3H3,(H,42,44)/t32?,33-,34-,35+,36?,39+,40+/m0/s1. The van der Waals surface area contributed by atoms with Gasteiger partial charge in [-0.05, 0) is 96.1 Å². The number of hydrogen-bond acceptors (Lipinski definition) is 2. The summed E-state index contributed by atoms with van der Waals surface area (Å²) in [5.74, 6) is 3.14. The molecule has 1 aliphatic heterocycles. The minimum atomic E-state index is -0.573. The van der Waals surface area contributed by atoms with Gasteiger partial charge in [0, 0.05) is 32.5 Å². The number of amides is 2. The van der Waals surface area contributed by atoms with Gasteiger partial charge in [-0.1, -0.05) is 105 Å². The number of likely N-dealkylation sites (tertiary alicyclic amines) is 1. The summed E-state index contributed by atoms with van der Waals surface area (Å²) < 4.78 is 0. The molecule has 4 nitrogen and oxygen atoms in total. The Bertz CT molecular complexity index is 1410. The average Bonchev–Trinajstić information content (AvgIpc) is 3.42. The molecule has 0 bridgehead atoms. The van der Waals surface area contributed by atoms with E-state index in [4.69, 9.17) is 0 Å². The number of carbonyl (C=O) groups is 2. The smallest absolute Gasteiger partial charge is 0.222 e. The first-order chi connectivity index (χ1) is 21.8. The van der Waals surface area contributed by atoms with E-state index in [1.165, 1.54) is 32.1 Å². The molecule has 4 heteroatoms. The van der Waals surface area contributed by atoms with E-state index in [-0.39, 0.29) is 16.7 Å². The summed E-state index contributed by atoms with van der Waals surface area (Å²) >= 11 is 0. The van der Waals surface area contributed by atoms with Crippen LogP contribution < -0.4 is 5.32 Å². The maximum atomic E-state index is 14.1. The largest absolute Gasteiger partial charge is 0.356 e. The highest BCUT2D eigenvalue weighted by atomic mass is 16.2. The molecule has 2 amide bonds. The van der Waals surface area contributed by atoms with Crippen molar-refractivity contribution >= 4 is 11.8 Å². The third-order valence-electron chi connectivity index (χ3n) is 13.5. The molecular weight excluding hydrogens is 552 g/mol. The van der Waals surface area contributed by atoms with E-state index in [9.17, 15) is 9.59 Å². The molecular formula is C41H50N2O2. The third-order valence-corrected chi connectivity index (χ3v) is 13.5. The number of benzene rings is 3. The van der Waals surface area contributed by atoms with Crippen LogP contribution in [-0.4, -0.2) is 36.3 Å². The van der Waals surface area contributed by atoms with Gasteiger partial charge in [0.2, 0.25) is 11.8 Å². The Morgan fingerprint density at radius 1 is 0.756 bits per heavy atom. The molecule has 7 atom stereocenters. The predicted molar refractivity (Wildman–Crippen MR) is 181 cm³/mol. The fraction of sp³-hybridized carbons (Fsp3) is 0.512. The predicted octanol–water partition coefficient (Wildman–Crippen LogP) is 8.01. The number of fused-ring (bicyclic) bond motifs is 5. The lowest BCUT2D eigenvalue weighted by molar-refractivity contribution is -0.158. The molecule has 236 valence electrons. The molecule has 1 heterocycles. The topological polar surface area (TPSA) is 49.4 Å². The van der Waals surface area contributed by atoms with E-state index in [0.29, 0.717) is 36.6 Å². The van der Waals surface area contributed by atoms with E-state index in [2.05, 4.69) is 115 Å². The monoisotopic (exact) mass is 602 g/mol. The molecule has 4 fully saturated rings. The lowest BCUT2D eigenvalue weighted by atomic mass is 9.47. The van der Waals surface area contributed by atoms with Gasteiger partial charge < -0.3 is 10.2 Å². The first-order valence-electron chi connectivity index (χ1n) is 17.5. The molecule has 3 saturated carbocycles. The molecule has 0 spiro atoms. The van der Waals surface area contributed by atoms with Gasteiger partial charge in [-0.2, -0.15) is 0 Å². The molecule has 3 aromatic rings. The Hall–Kier alpha value is -3.40. The lowest BCUT2D eigenvalue weighted by Crippen LogP contribution is -2.61. The second-order valence-corrected chi connectivity index (χ2v) is 15.3. The van der Waals surface area contributed by atoms with Crippen LogP contribution in [0, 0.1) is 34.5 Å². The summed E-state index contributed by atoms with van der Waals surface area (Å²) in [6, 6.07) is 32.1. The second-order valence-electron chi connectivity index (χ2n) is 15.3. The van der Waals surface area contributed by atoms with Crippen LogP contribution in [0.1, 0.15) is 88.3 Å². The zero-order valence-corrected chi connectivity index (χ0v) is 27.4. The van der Waals surface area contributed by atoms with Gasteiger partial charge in [-0.15, -0.1) is 0 Å². The molecule has 7 rings (SSSR count). The molecule has 4 aliphatic rings. The zero-order valence-electron chi connectivity index (χ0n) is 27.4. The lowest BCUT2D eigenvalue weighted by Gasteiger charge is -2.61. The third kappa shape index (κ3) is 4.95. The van der Waals surface area contributed by atoms with Crippen molar-refractivity contribution in [1.29, 1.82) is 0 Å². The number of carbonyl (C=O) groups excluding carboxylic acids is 2. The van der Waals surface area contributed by atoms with Crippen molar-refractivity contribution < 1.29 is 9.59 Å². The van der Waals surface area contributed by atoms with E-state index >= 15 is 0 Å². The van der Waals surface area contributed by atoms with Gasteiger partial charge in [0.25, 0.3) is 0 Å². The minimum absolute atomic E-state index is 0.121. The van der Waals surface area contributed by atoms with Crippen molar-refractivity contribution in [3.63, 3.8) is 0 Å². The molecule has 1 N–H and O–H groups in total. The number of rotatable bonds is 7. The highest BCUT2D eigenvalue weighted by Crippen LogP contribution is 2.66. The zero-order chi connectivity index (χ0) is 31.2. The normalized spacial score (nSPS) is 32.7. The van der Waals surface area contributed by atoms with Crippen LogP contribution in [0.25, 0.3) is 0 Å². The average molecular weight is 603 g/mol. The second kappa shape index (κ2) is 11.8. The van der Waals surface area contributed by atoms with Crippen LogP contribution in [0.4, 0.5) is 0 Å². The molecule has 1 saturated heterocycles. The summed E-state index contributed by atoms with van der Waals surface area (Å²) in [5.41, 5.74) is 3.36. The molecule has 45 heavy (non-hydrogen) atoms. The van der Waals surface area contributed by atoms with Crippen molar-refractivity contribution in [2.24, 2.45) is 34.5 Å². The van der Waals surface area contributed by atoms with Crippen LogP contribution in [0.2, 0.25) is 0 Å². The van der Waals surface area contributed by atoms with Crippen LogP contribution >= 0.6 is 0 Å². The van der Waals surface area contributed by atoms with Gasteiger partial charge in [-0.3, -0.25) is 9.59 Å². The van der Waals surface area contributed by atoms with E-state index < -0.39 is 5.41 Å². The summed E-state index contributed by atoms with van der Waals surface area (Å²) in [6.45, 7) is 5.81. The van der Waals surface area contributed by atoms with Crippen molar-refractivity contribution in [2.45, 2.75) is 83.1 Å². The molecule has 0 radical (unpaired) electrons. The van der Waals surface area contributed by atoms with Crippen molar-refractivity contribution in [3.05, 3.63) is 108 Å². The van der Waals surface area contributed by atoms with Crippen LogP contribution in [0.5, 0.6) is 0 Å². The summed E-state index contributed by atoms with van der Waals surface area (Å²) in [6.07, 6.45) is 9.49. The van der Waals surface area contributed by atoms with Crippen molar-refractivity contribution in [2.75, 3.05) is 13.6 Å². The first-order valence-corrected chi connectivity index (χ1v) is 17.5. The molecule has 0 aromatic heterocycles. The maximum absolute atomic E-state index is 14.1. The van der Waals surface area contributed by atoms with E-state index in [1.807, 2.05) is 7.05 Å². The van der Waals surface area contributed by atoms with Crippen molar-refractivity contribution in [1.82, 2.24) is 10.2 Å². The fourth-order valence-electron chi connectivity index (χ4n) is 11.1. The molecule has 2 unspecified atom stereocenters. The Morgan fingerprint density at radius 3 is 1.89 bits per heavy atom. The van der Waals surface area contributed by atoms with E-state index in [0.717, 1.165) is 47.9 Å². The molecule has 3 aliphatic carbocycles. The minimum Gasteiger partial charge on any atom is -0.356 e. The SMILES string of the molecule is CN1C(=O)CC[C@@]2(C)C1CC[C@@H]1[C@H]2CC[C@]2(C)C(CNC(=O)CC(c3ccccc3)(c3ccccc3)c3ccccc3)CC[C@@H]12. The van der Waals surface area contributed by atoms with Gasteiger partial charge in [0.05, 0.1) is 5.41 Å². The summed E-state index contributed by atoms with van der Waals surface area (Å²) in [4.78, 5) is 28.8. The van der Waals surface area contributed by atoms with Gasteiger partial charge in [-0.25, -0.2) is 0 Å². The fourth-order valence-corrected chi connectivity index (χ4v) is 11.1. The Morgan fingerprint density at radius 2 is 1.31 bits per heavy atom. The number of piperidine rings is 1. The maximum Gasteiger partial charge on any atom is 0.222 e. The first kappa shape index (κ1) is 30.3. The molecule has 3 aromatic carbocycles. The van der Waals surface area contributed by atoms with Gasteiger partial charge >= 0.3 is 0 Å². The number of nitrogens with one attached hydrogen (secondary N) is 1. The Labute approximate surface area is 270 Å². The van der Waals surface area contributed by atoms with Gasteiger partial charge in [0.1, 0.15) is 0 Å².